The normalized spacial score (nSPS) is 13.4. The van der Waals surface area contributed by atoms with Crippen LogP contribution in [0.2, 0.25) is 0 Å². The summed E-state index contributed by atoms with van der Waals surface area (Å²) < 4.78 is 10.7. The first-order valence-electron chi connectivity index (χ1n) is 6.66. The van der Waals surface area contributed by atoms with Gasteiger partial charge in [-0.2, -0.15) is 0 Å². The lowest BCUT2D eigenvalue weighted by molar-refractivity contribution is 0.0736. The highest BCUT2D eigenvalue weighted by molar-refractivity contribution is 5.26. The van der Waals surface area contributed by atoms with Crippen LogP contribution in [0.4, 0.5) is 0 Å². The Labute approximate surface area is 115 Å². The fourth-order valence-electron chi connectivity index (χ4n) is 1.72. The Bertz CT molecular complexity index is 381. The maximum atomic E-state index is 9.78. The molecule has 0 saturated heterocycles. The highest BCUT2D eigenvalue weighted by Crippen LogP contribution is 2.12. The van der Waals surface area contributed by atoms with Crippen molar-refractivity contribution >= 4 is 0 Å². The Morgan fingerprint density at radius 3 is 2.58 bits per heavy atom. The third-order valence-corrected chi connectivity index (χ3v) is 3.07. The predicted molar refractivity (Wildman–Crippen MR) is 77.3 cm³/mol. The smallest absolute Gasteiger partial charge is 0.118 e. The van der Waals surface area contributed by atoms with Gasteiger partial charge in [-0.3, -0.25) is 0 Å². The van der Waals surface area contributed by atoms with E-state index in [1.54, 1.807) is 7.11 Å². The van der Waals surface area contributed by atoms with E-state index in [1.807, 2.05) is 44.2 Å². The van der Waals surface area contributed by atoms with Gasteiger partial charge in [0.15, 0.2) is 0 Å². The van der Waals surface area contributed by atoms with Gasteiger partial charge in [0.25, 0.3) is 0 Å². The Morgan fingerprint density at radius 1 is 1.32 bits per heavy atom. The lowest BCUT2D eigenvalue weighted by atomic mass is 10.1. The molecule has 0 saturated carbocycles. The van der Waals surface area contributed by atoms with E-state index in [1.165, 1.54) is 5.57 Å². The van der Waals surface area contributed by atoms with E-state index in [9.17, 15) is 5.11 Å². The van der Waals surface area contributed by atoms with Gasteiger partial charge in [0.2, 0.25) is 0 Å². The standard InChI is InChI=1S/C16H24O3/c1-4-13(2)11-15(17)9-10-19-12-14-5-7-16(18-3)8-6-14/h4-8,15,17H,9-12H2,1-3H3. The van der Waals surface area contributed by atoms with Crippen molar-refractivity contribution < 1.29 is 14.6 Å². The molecule has 0 bridgehead atoms. The highest BCUT2D eigenvalue weighted by atomic mass is 16.5. The largest absolute Gasteiger partial charge is 0.497 e. The van der Waals surface area contributed by atoms with Crippen LogP contribution in [0.5, 0.6) is 5.75 Å². The van der Waals surface area contributed by atoms with Crippen LogP contribution in [0.1, 0.15) is 32.3 Å². The summed E-state index contributed by atoms with van der Waals surface area (Å²) in [6.07, 6.45) is 3.11. The molecule has 0 spiro atoms. The number of hydrogen-bond acceptors (Lipinski definition) is 3. The second-order valence-electron chi connectivity index (χ2n) is 4.68. The monoisotopic (exact) mass is 264 g/mol. The fourth-order valence-corrected chi connectivity index (χ4v) is 1.72. The first kappa shape index (κ1) is 15.7. The lowest BCUT2D eigenvalue weighted by Gasteiger charge is -2.11. The van der Waals surface area contributed by atoms with Crippen molar-refractivity contribution in [2.45, 2.75) is 39.4 Å². The molecule has 0 radical (unpaired) electrons. The maximum Gasteiger partial charge on any atom is 0.118 e. The van der Waals surface area contributed by atoms with Crippen LogP contribution in [0.15, 0.2) is 35.9 Å². The Morgan fingerprint density at radius 2 is 2.00 bits per heavy atom. The molecule has 0 amide bonds. The zero-order valence-electron chi connectivity index (χ0n) is 12.1. The molecule has 1 atom stereocenters. The van der Waals surface area contributed by atoms with Gasteiger partial charge >= 0.3 is 0 Å². The number of allylic oxidation sites excluding steroid dienone is 1. The van der Waals surface area contributed by atoms with Crippen molar-refractivity contribution in [2.75, 3.05) is 13.7 Å². The molecular formula is C16H24O3. The van der Waals surface area contributed by atoms with Crippen molar-refractivity contribution in [3.63, 3.8) is 0 Å². The molecular weight excluding hydrogens is 240 g/mol. The van der Waals surface area contributed by atoms with Crippen LogP contribution in [0, 0.1) is 0 Å². The molecule has 19 heavy (non-hydrogen) atoms. The number of rotatable bonds is 8. The summed E-state index contributed by atoms with van der Waals surface area (Å²) in [5.74, 6) is 0.848. The molecule has 0 aliphatic rings. The van der Waals surface area contributed by atoms with Crippen LogP contribution < -0.4 is 4.74 Å². The van der Waals surface area contributed by atoms with Crippen molar-refractivity contribution in [2.24, 2.45) is 0 Å². The Kier molecular flexibility index (Phi) is 7.23. The molecule has 1 aromatic carbocycles. The molecule has 3 nitrogen and oxygen atoms in total. The van der Waals surface area contributed by atoms with Gasteiger partial charge in [-0.15, -0.1) is 0 Å². The van der Waals surface area contributed by atoms with E-state index in [0.717, 1.165) is 17.7 Å². The van der Waals surface area contributed by atoms with E-state index in [2.05, 4.69) is 0 Å². The number of methoxy groups -OCH3 is 1. The summed E-state index contributed by atoms with van der Waals surface area (Å²) in [4.78, 5) is 0. The molecule has 0 aromatic heterocycles. The SMILES string of the molecule is CC=C(C)CC(O)CCOCc1ccc(OC)cc1. The molecule has 1 unspecified atom stereocenters. The van der Waals surface area contributed by atoms with E-state index in [4.69, 9.17) is 9.47 Å². The Balaban J connectivity index is 2.19. The van der Waals surface area contributed by atoms with Crippen molar-refractivity contribution in [1.29, 1.82) is 0 Å². The van der Waals surface area contributed by atoms with Crippen LogP contribution >= 0.6 is 0 Å². The van der Waals surface area contributed by atoms with Gasteiger partial charge in [-0.25, -0.2) is 0 Å². The van der Waals surface area contributed by atoms with Gasteiger partial charge in [0, 0.05) is 6.61 Å². The lowest BCUT2D eigenvalue weighted by Crippen LogP contribution is -2.11. The topological polar surface area (TPSA) is 38.7 Å². The van der Waals surface area contributed by atoms with Crippen LogP contribution in [-0.4, -0.2) is 24.9 Å². The molecule has 0 heterocycles. The zero-order valence-corrected chi connectivity index (χ0v) is 12.1. The minimum absolute atomic E-state index is 0.313. The molecule has 0 aliphatic carbocycles. The molecule has 3 heteroatoms. The van der Waals surface area contributed by atoms with Crippen LogP contribution in [-0.2, 0) is 11.3 Å². The highest BCUT2D eigenvalue weighted by Gasteiger charge is 2.04. The molecule has 106 valence electrons. The van der Waals surface area contributed by atoms with E-state index >= 15 is 0 Å². The molecule has 0 aliphatic heterocycles. The van der Waals surface area contributed by atoms with E-state index in [0.29, 0.717) is 19.6 Å². The number of aliphatic hydroxyl groups excluding tert-OH is 1. The number of benzene rings is 1. The average molecular weight is 264 g/mol. The molecule has 1 rings (SSSR count). The van der Waals surface area contributed by atoms with Gasteiger partial charge in [0.05, 0.1) is 19.8 Å². The minimum atomic E-state index is -0.313. The average Bonchev–Trinajstić information content (AvgIpc) is 2.44. The summed E-state index contributed by atoms with van der Waals surface area (Å²) in [6, 6.07) is 7.81. The van der Waals surface area contributed by atoms with Crippen LogP contribution in [0.3, 0.4) is 0 Å². The first-order chi connectivity index (χ1) is 9.15. The molecule has 1 aromatic rings. The third kappa shape index (κ3) is 6.41. The number of hydrogen-bond donors (Lipinski definition) is 1. The van der Waals surface area contributed by atoms with Crippen molar-refractivity contribution in [1.82, 2.24) is 0 Å². The quantitative estimate of drug-likeness (QED) is 0.578. The first-order valence-corrected chi connectivity index (χ1v) is 6.66. The van der Waals surface area contributed by atoms with Crippen molar-refractivity contribution in [3.05, 3.63) is 41.5 Å². The third-order valence-electron chi connectivity index (χ3n) is 3.07. The second-order valence-corrected chi connectivity index (χ2v) is 4.68. The van der Waals surface area contributed by atoms with E-state index in [-0.39, 0.29) is 6.10 Å². The summed E-state index contributed by atoms with van der Waals surface area (Å²) in [6.45, 7) is 5.16. The summed E-state index contributed by atoms with van der Waals surface area (Å²) in [5, 5.41) is 9.78. The van der Waals surface area contributed by atoms with Gasteiger partial charge in [-0.05, 0) is 44.4 Å². The number of aliphatic hydroxyl groups is 1. The summed E-state index contributed by atoms with van der Waals surface area (Å²) in [5.41, 5.74) is 2.32. The Hall–Kier alpha value is -1.32. The minimum Gasteiger partial charge on any atom is -0.497 e. The molecule has 0 fully saturated rings. The van der Waals surface area contributed by atoms with Gasteiger partial charge < -0.3 is 14.6 Å². The van der Waals surface area contributed by atoms with Crippen LogP contribution in [0.25, 0.3) is 0 Å². The van der Waals surface area contributed by atoms with E-state index < -0.39 is 0 Å². The number of ether oxygens (including phenoxy) is 2. The second kappa shape index (κ2) is 8.73. The maximum absolute atomic E-state index is 9.78. The van der Waals surface area contributed by atoms with Gasteiger partial charge in [0.1, 0.15) is 5.75 Å². The zero-order chi connectivity index (χ0) is 14.1. The van der Waals surface area contributed by atoms with Gasteiger partial charge in [-0.1, -0.05) is 23.8 Å². The predicted octanol–water partition coefficient (Wildman–Crippen LogP) is 3.32. The summed E-state index contributed by atoms with van der Waals surface area (Å²) >= 11 is 0. The fraction of sp³-hybridized carbons (Fsp3) is 0.500. The van der Waals surface area contributed by atoms with Crippen molar-refractivity contribution in [3.8, 4) is 5.75 Å². The molecule has 1 N–H and O–H groups in total. The summed E-state index contributed by atoms with van der Waals surface area (Å²) in [7, 11) is 1.65.